The van der Waals surface area contributed by atoms with Crippen LogP contribution in [0.3, 0.4) is 0 Å². The van der Waals surface area contributed by atoms with Gasteiger partial charge >= 0.3 is 0 Å². The van der Waals surface area contributed by atoms with E-state index in [1.54, 1.807) is 6.07 Å². The van der Waals surface area contributed by atoms with Crippen LogP contribution < -0.4 is 0 Å². The number of rotatable bonds is 4. The van der Waals surface area contributed by atoms with Gasteiger partial charge in [-0.25, -0.2) is 14.4 Å². The third kappa shape index (κ3) is 4.14. The van der Waals surface area contributed by atoms with E-state index >= 15 is 0 Å². The molecular weight excluding hydrogens is 289 g/mol. The summed E-state index contributed by atoms with van der Waals surface area (Å²) in [5.41, 5.74) is 2.21. The van der Waals surface area contributed by atoms with Crippen molar-refractivity contribution in [3.05, 3.63) is 59.4 Å². The third-order valence-corrected chi connectivity index (χ3v) is 4.56. The fourth-order valence-corrected chi connectivity index (χ4v) is 3.33. The Balaban J connectivity index is 1.80. The number of hydrogen-bond donors (Lipinski definition) is 0. The van der Waals surface area contributed by atoms with E-state index in [0.717, 1.165) is 42.9 Å². The van der Waals surface area contributed by atoms with Crippen molar-refractivity contribution >= 4 is 0 Å². The third-order valence-electron chi connectivity index (χ3n) is 4.56. The fourth-order valence-electron chi connectivity index (χ4n) is 3.33. The van der Waals surface area contributed by atoms with Gasteiger partial charge in [-0.1, -0.05) is 31.9 Å². The van der Waals surface area contributed by atoms with Crippen molar-refractivity contribution in [2.75, 3.05) is 6.54 Å². The van der Waals surface area contributed by atoms with Crippen molar-refractivity contribution in [1.82, 2.24) is 14.9 Å². The highest BCUT2D eigenvalue weighted by Gasteiger charge is 2.23. The summed E-state index contributed by atoms with van der Waals surface area (Å²) < 4.78 is 13.6. The number of likely N-dealkylation sites (tertiary alicyclic amines) is 1. The second-order valence-electron chi connectivity index (χ2n) is 6.25. The summed E-state index contributed by atoms with van der Waals surface area (Å²) in [6.45, 7) is 3.92. The molecule has 122 valence electrons. The first-order valence-corrected chi connectivity index (χ1v) is 8.55. The minimum absolute atomic E-state index is 0.151. The average Bonchev–Trinajstić information content (AvgIpc) is 2.81. The van der Waals surface area contributed by atoms with E-state index in [1.807, 2.05) is 24.5 Å². The van der Waals surface area contributed by atoms with E-state index in [-0.39, 0.29) is 11.9 Å². The van der Waals surface area contributed by atoms with Crippen LogP contribution in [0.1, 0.15) is 55.6 Å². The lowest BCUT2D eigenvalue weighted by molar-refractivity contribution is 0.191. The molecule has 1 aliphatic heterocycles. The molecule has 1 aliphatic rings. The molecule has 2 heterocycles. The van der Waals surface area contributed by atoms with Crippen LogP contribution in [0.25, 0.3) is 0 Å². The topological polar surface area (TPSA) is 29.0 Å². The van der Waals surface area contributed by atoms with Gasteiger partial charge in [-0.3, -0.25) is 4.90 Å². The van der Waals surface area contributed by atoms with Crippen molar-refractivity contribution in [2.45, 2.75) is 51.6 Å². The first-order valence-electron chi connectivity index (χ1n) is 8.55. The highest BCUT2D eigenvalue weighted by Crippen LogP contribution is 2.31. The zero-order valence-corrected chi connectivity index (χ0v) is 13.7. The van der Waals surface area contributed by atoms with Crippen molar-refractivity contribution in [2.24, 2.45) is 0 Å². The lowest BCUT2D eigenvalue weighted by Crippen LogP contribution is -2.28. The van der Waals surface area contributed by atoms with Gasteiger partial charge in [0.25, 0.3) is 0 Å². The summed E-state index contributed by atoms with van der Waals surface area (Å²) in [7, 11) is 0. The molecule has 1 aromatic heterocycles. The van der Waals surface area contributed by atoms with Gasteiger partial charge in [0, 0.05) is 37.0 Å². The molecule has 1 fully saturated rings. The molecule has 0 unspecified atom stereocenters. The summed E-state index contributed by atoms with van der Waals surface area (Å²) in [5.74, 6) is 0.730. The summed E-state index contributed by atoms with van der Waals surface area (Å²) in [4.78, 5) is 11.3. The maximum absolute atomic E-state index is 13.6. The van der Waals surface area contributed by atoms with Gasteiger partial charge in [-0.2, -0.15) is 0 Å². The molecule has 0 amide bonds. The molecule has 1 aromatic carbocycles. The first kappa shape index (κ1) is 16.1. The number of aromatic nitrogens is 2. The van der Waals surface area contributed by atoms with Gasteiger partial charge in [0.1, 0.15) is 11.6 Å². The lowest BCUT2D eigenvalue weighted by atomic mass is 10.0. The average molecular weight is 313 g/mol. The van der Waals surface area contributed by atoms with E-state index in [2.05, 4.69) is 21.8 Å². The Morgan fingerprint density at radius 1 is 1.17 bits per heavy atom. The van der Waals surface area contributed by atoms with Gasteiger partial charge in [-0.15, -0.1) is 0 Å². The van der Waals surface area contributed by atoms with E-state index in [9.17, 15) is 4.39 Å². The van der Waals surface area contributed by atoms with Gasteiger partial charge in [-0.05, 0) is 37.1 Å². The molecule has 2 aromatic rings. The molecule has 1 saturated heterocycles. The minimum atomic E-state index is -0.151. The summed E-state index contributed by atoms with van der Waals surface area (Å²) in [6, 6.07) is 7.33. The first-order chi connectivity index (χ1) is 11.3. The van der Waals surface area contributed by atoms with Gasteiger partial charge in [0.15, 0.2) is 0 Å². The zero-order valence-electron chi connectivity index (χ0n) is 13.7. The molecule has 0 spiro atoms. The summed E-state index contributed by atoms with van der Waals surface area (Å²) in [5, 5.41) is 0. The number of halogens is 1. The number of aryl methyl sites for hydroxylation is 1. The lowest BCUT2D eigenvalue weighted by Gasteiger charge is -2.30. The summed E-state index contributed by atoms with van der Waals surface area (Å²) in [6.07, 6.45) is 9.43. The molecule has 0 radical (unpaired) electrons. The second-order valence-corrected chi connectivity index (χ2v) is 6.25. The van der Waals surface area contributed by atoms with E-state index < -0.39 is 0 Å². The van der Waals surface area contributed by atoms with Crippen molar-refractivity contribution in [1.29, 1.82) is 0 Å². The highest BCUT2D eigenvalue weighted by atomic mass is 19.1. The Hall–Kier alpha value is -1.81. The Bertz CT molecular complexity index is 627. The Morgan fingerprint density at radius 3 is 2.74 bits per heavy atom. The zero-order chi connectivity index (χ0) is 16.1. The van der Waals surface area contributed by atoms with Crippen LogP contribution in [-0.4, -0.2) is 21.4 Å². The molecular formula is C19H24FN3. The molecule has 3 rings (SSSR count). The largest absolute Gasteiger partial charge is 0.292 e. The Kier molecular flexibility index (Phi) is 5.34. The van der Waals surface area contributed by atoms with Crippen LogP contribution >= 0.6 is 0 Å². The van der Waals surface area contributed by atoms with Crippen molar-refractivity contribution < 1.29 is 4.39 Å². The van der Waals surface area contributed by atoms with E-state index in [1.165, 1.54) is 25.3 Å². The maximum atomic E-state index is 13.6. The molecule has 3 nitrogen and oxygen atoms in total. The standard InChI is InChI=1S/C19H24FN3/c1-2-19-21-12-15(13-22-19)14-23-10-5-3-4-9-18(23)16-7-6-8-17(20)11-16/h6-8,11-13,18H,2-5,9-10,14H2,1H3/t18-/m1/s1. The molecule has 0 saturated carbocycles. The molecule has 4 heteroatoms. The van der Waals surface area contributed by atoms with Crippen LogP contribution in [0, 0.1) is 5.82 Å². The van der Waals surface area contributed by atoms with Crippen LogP contribution in [-0.2, 0) is 13.0 Å². The molecule has 0 N–H and O–H groups in total. The molecule has 0 aliphatic carbocycles. The van der Waals surface area contributed by atoms with Crippen molar-refractivity contribution in [3.8, 4) is 0 Å². The van der Waals surface area contributed by atoms with Crippen LogP contribution in [0.2, 0.25) is 0 Å². The maximum Gasteiger partial charge on any atom is 0.127 e. The Morgan fingerprint density at radius 2 is 2.00 bits per heavy atom. The monoisotopic (exact) mass is 313 g/mol. The minimum Gasteiger partial charge on any atom is -0.292 e. The van der Waals surface area contributed by atoms with Crippen LogP contribution in [0.4, 0.5) is 4.39 Å². The normalized spacial score (nSPS) is 19.5. The smallest absolute Gasteiger partial charge is 0.127 e. The molecule has 23 heavy (non-hydrogen) atoms. The summed E-state index contributed by atoms with van der Waals surface area (Å²) >= 11 is 0. The Labute approximate surface area is 137 Å². The van der Waals surface area contributed by atoms with Crippen molar-refractivity contribution in [3.63, 3.8) is 0 Å². The predicted molar refractivity (Wildman–Crippen MR) is 89.4 cm³/mol. The quantitative estimate of drug-likeness (QED) is 0.843. The van der Waals surface area contributed by atoms with Gasteiger partial charge < -0.3 is 0 Å². The van der Waals surface area contributed by atoms with E-state index in [0.29, 0.717) is 0 Å². The highest BCUT2D eigenvalue weighted by molar-refractivity contribution is 5.21. The van der Waals surface area contributed by atoms with Crippen LogP contribution in [0.15, 0.2) is 36.7 Å². The predicted octanol–water partition coefficient (Wildman–Crippen LogP) is 4.30. The molecule has 1 atom stereocenters. The SMILES string of the molecule is CCc1ncc(CN2CCCCC[C@@H]2c2cccc(F)c2)cn1. The van der Waals surface area contributed by atoms with Crippen LogP contribution in [0.5, 0.6) is 0 Å². The number of hydrogen-bond acceptors (Lipinski definition) is 3. The second kappa shape index (κ2) is 7.64. The number of benzene rings is 1. The fraction of sp³-hybridized carbons (Fsp3) is 0.474. The van der Waals surface area contributed by atoms with Gasteiger partial charge in [0.2, 0.25) is 0 Å². The molecule has 0 bridgehead atoms. The van der Waals surface area contributed by atoms with Gasteiger partial charge in [0.05, 0.1) is 0 Å². The van der Waals surface area contributed by atoms with E-state index in [4.69, 9.17) is 0 Å². The number of nitrogens with zero attached hydrogens (tertiary/aromatic N) is 3.